The summed E-state index contributed by atoms with van der Waals surface area (Å²) in [4.78, 5) is 12.0. The van der Waals surface area contributed by atoms with E-state index in [2.05, 4.69) is 55.2 Å². The van der Waals surface area contributed by atoms with E-state index in [-0.39, 0.29) is 0 Å². The minimum atomic E-state index is -0.480. The zero-order valence-corrected chi connectivity index (χ0v) is 30.6. The molecule has 1 aromatic rings. The van der Waals surface area contributed by atoms with Gasteiger partial charge in [-0.15, -0.1) is 0 Å². The molecule has 0 bridgehead atoms. The van der Waals surface area contributed by atoms with Gasteiger partial charge in [0.15, 0.2) is 0 Å². The number of ether oxygens (including phenoxy) is 5. The molecule has 0 radical (unpaired) electrons. The molecule has 1 atom stereocenters. The average Bonchev–Trinajstić information content (AvgIpc) is 3.02. The number of allylic oxidation sites excluding steroid dienone is 4. The number of benzene rings is 1. The summed E-state index contributed by atoms with van der Waals surface area (Å²) in [6.07, 6.45) is 22.6. The van der Waals surface area contributed by atoms with Crippen molar-refractivity contribution in [2.45, 2.75) is 90.3 Å². The molecule has 0 saturated heterocycles. The molecule has 0 aliphatic rings. The quantitative estimate of drug-likeness (QED) is 0.0484. The van der Waals surface area contributed by atoms with Crippen molar-refractivity contribution in [2.75, 3.05) is 53.3 Å². The van der Waals surface area contributed by atoms with Crippen molar-refractivity contribution in [3.05, 3.63) is 54.1 Å². The van der Waals surface area contributed by atoms with Gasteiger partial charge in [-0.1, -0.05) is 50.5 Å². The Morgan fingerprint density at radius 1 is 0.814 bits per heavy atom. The Kier molecular flexibility index (Phi) is 29.0. The van der Waals surface area contributed by atoms with Gasteiger partial charge in [-0.05, 0) is 38.5 Å². The van der Waals surface area contributed by atoms with Crippen molar-refractivity contribution in [3.8, 4) is 5.75 Å². The first-order valence-corrected chi connectivity index (χ1v) is 22.9. The van der Waals surface area contributed by atoms with E-state index in [4.69, 9.17) is 26.8 Å². The first kappa shape index (κ1) is 40.1. The third-order valence-electron chi connectivity index (χ3n) is 6.39. The summed E-state index contributed by atoms with van der Waals surface area (Å²) in [5.41, 5.74) is 0.902. The molecule has 0 spiro atoms. The molecule has 0 fully saturated rings. The van der Waals surface area contributed by atoms with Crippen LogP contribution in [0.1, 0.15) is 95.8 Å². The molecule has 43 heavy (non-hydrogen) atoms. The zero-order chi connectivity index (χ0) is 31.1. The molecule has 0 saturated carbocycles. The van der Waals surface area contributed by atoms with Crippen molar-refractivity contribution in [1.29, 1.82) is 0 Å². The maximum absolute atomic E-state index is 12.0. The number of nitrogens with one attached hydrogen (secondary N) is 1. The molecule has 1 amide bonds. The van der Waals surface area contributed by atoms with Gasteiger partial charge in [-0.2, -0.15) is 0 Å². The number of rotatable bonds is 29. The van der Waals surface area contributed by atoms with Crippen LogP contribution in [0.2, 0.25) is 0 Å². The van der Waals surface area contributed by atoms with Crippen molar-refractivity contribution in [2.24, 2.45) is 0 Å². The Morgan fingerprint density at radius 3 is 2.16 bits per heavy atom. The normalized spacial score (nSPS) is 12.3. The topological polar surface area (TPSA) is 84.5 Å². The molecule has 10 heteroatoms. The van der Waals surface area contributed by atoms with E-state index in [1.54, 1.807) is 7.11 Å². The predicted molar refractivity (Wildman–Crippen MR) is 177 cm³/mol. The Morgan fingerprint density at radius 2 is 1.47 bits per heavy atom. The van der Waals surface area contributed by atoms with Gasteiger partial charge in [0.05, 0.1) is 0 Å². The standard InChI is InChI=1S/C33H54I2NO7/c1-3-4-5-6-7-8-9-10-11-12-13-14-15-16-17-18-24-42-33(37)36-23-25-41-32(43-35-34)30-19-21-31(22-20-30)40-29-28-39-27-26-38-2/h7-8,11-12,19-22,32H,3-6,9-10,13-18,23-29H2,1-2H3,(H,36,37)/q-1/b8-7+,12-11+. The summed E-state index contributed by atoms with van der Waals surface area (Å²) in [6, 6.07) is 7.63. The van der Waals surface area contributed by atoms with Crippen LogP contribution >= 0.6 is 18.6 Å². The average molecular weight is 831 g/mol. The summed E-state index contributed by atoms with van der Waals surface area (Å²) in [6.45, 7) is 5.46. The number of methoxy groups -OCH3 is 1. The Labute approximate surface area is 281 Å². The van der Waals surface area contributed by atoms with E-state index in [0.717, 1.165) is 43.4 Å². The third-order valence-corrected chi connectivity index (χ3v) is 8.34. The molecule has 8 nitrogen and oxygen atoms in total. The molecule has 1 aromatic carbocycles. The fourth-order valence-corrected chi connectivity index (χ4v) is 5.78. The number of halogens is 2. The van der Waals surface area contributed by atoms with E-state index < -0.39 is 30.0 Å². The molecule has 248 valence electrons. The van der Waals surface area contributed by atoms with Gasteiger partial charge in [0, 0.05) is 7.11 Å². The van der Waals surface area contributed by atoms with Crippen LogP contribution in [0.25, 0.3) is 0 Å². The maximum atomic E-state index is 12.0. The van der Waals surface area contributed by atoms with Crippen LogP contribution < -0.4 is 27.7 Å². The second-order valence-electron chi connectivity index (χ2n) is 10.0. The summed E-state index contributed by atoms with van der Waals surface area (Å²) >= 11 is 1.77. The van der Waals surface area contributed by atoms with E-state index in [1.807, 2.05) is 24.3 Å². The number of amides is 1. The van der Waals surface area contributed by atoms with Crippen LogP contribution in [0.15, 0.2) is 48.6 Å². The second kappa shape index (κ2) is 31.1. The van der Waals surface area contributed by atoms with Crippen LogP contribution in [-0.4, -0.2) is 59.4 Å². The molecule has 1 unspecified atom stereocenters. The van der Waals surface area contributed by atoms with E-state index in [0.29, 0.717) is 46.2 Å². The summed E-state index contributed by atoms with van der Waals surface area (Å²) in [5.74, 6) is 0.756. The third kappa shape index (κ3) is 25.0. The van der Waals surface area contributed by atoms with Crippen LogP contribution in [0.3, 0.4) is 0 Å². The Bertz CT molecular complexity index is 824. The van der Waals surface area contributed by atoms with Crippen LogP contribution in [0.5, 0.6) is 5.75 Å². The van der Waals surface area contributed by atoms with Crippen LogP contribution in [0, 0.1) is 0 Å². The Balaban J connectivity index is 2.03. The number of hydrogen-bond acceptors (Lipinski definition) is 7. The molecule has 0 aliphatic carbocycles. The molecule has 1 rings (SSSR count). The summed E-state index contributed by atoms with van der Waals surface area (Å²) < 4.78 is 33.1. The van der Waals surface area contributed by atoms with E-state index >= 15 is 0 Å². The van der Waals surface area contributed by atoms with Gasteiger partial charge in [0.2, 0.25) is 0 Å². The molecular formula is C33H54I2NO7-. The van der Waals surface area contributed by atoms with E-state index in [9.17, 15) is 4.79 Å². The zero-order valence-electron chi connectivity index (χ0n) is 26.2. The molecule has 1 N–H and O–H groups in total. The van der Waals surface area contributed by atoms with Gasteiger partial charge in [0.1, 0.15) is 0 Å². The SMILES string of the molecule is CCCCC/C=C/CC/C=C/CCCCCCCOC(=O)NCCOC(O[I-]I)c1ccc(OCCOCCOC)cc1. The Hall–Kier alpha value is -0.930. The second-order valence-corrected chi connectivity index (χ2v) is 13.1. The fraction of sp³-hybridized carbons (Fsp3) is 0.667. The molecule has 0 aromatic heterocycles. The van der Waals surface area contributed by atoms with Gasteiger partial charge in [-0.25, -0.2) is 0 Å². The first-order valence-electron chi connectivity index (χ1n) is 15.7. The number of hydrogen-bond donors (Lipinski definition) is 1. The minimum absolute atomic E-state index is 0.321. The fourth-order valence-electron chi connectivity index (χ4n) is 3.99. The molecular weight excluding hydrogens is 776 g/mol. The van der Waals surface area contributed by atoms with Gasteiger partial charge in [-0.3, -0.25) is 0 Å². The monoisotopic (exact) mass is 830 g/mol. The summed E-state index contributed by atoms with van der Waals surface area (Å²) in [7, 11) is 1.65. The van der Waals surface area contributed by atoms with Crippen molar-refractivity contribution in [3.63, 3.8) is 0 Å². The molecule has 0 heterocycles. The summed E-state index contributed by atoms with van der Waals surface area (Å²) in [5, 5.41) is 2.75. The predicted octanol–water partition coefficient (Wildman–Crippen LogP) is 5.65. The number of alkyl carbamates (subject to hydrolysis) is 1. The number of carbonyl (C=O) groups excluding carboxylic acids is 1. The number of unbranched alkanes of at least 4 members (excludes halogenated alkanes) is 9. The van der Waals surface area contributed by atoms with Crippen molar-refractivity contribution < 1.29 is 49.2 Å². The molecule has 0 aliphatic heterocycles. The van der Waals surface area contributed by atoms with Gasteiger partial charge in [0.25, 0.3) is 0 Å². The van der Waals surface area contributed by atoms with Gasteiger partial charge < -0.3 is 4.74 Å². The van der Waals surface area contributed by atoms with Gasteiger partial charge >= 0.3 is 182 Å². The number of carbonyl (C=O) groups is 1. The van der Waals surface area contributed by atoms with Crippen LogP contribution in [-0.2, 0) is 22.0 Å². The first-order chi connectivity index (χ1) is 21.2. The van der Waals surface area contributed by atoms with E-state index in [1.165, 1.54) is 44.9 Å². The van der Waals surface area contributed by atoms with Crippen LogP contribution in [0.4, 0.5) is 4.79 Å². The van der Waals surface area contributed by atoms with Crippen molar-refractivity contribution >= 4 is 24.7 Å². The van der Waals surface area contributed by atoms with Crippen molar-refractivity contribution in [1.82, 2.24) is 5.32 Å².